The fraction of sp³-hybridized carbons (Fsp3) is 0.211. The van der Waals surface area contributed by atoms with E-state index in [-0.39, 0.29) is 5.56 Å². The van der Waals surface area contributed by atoms with Crippen LogP contribution in [0.15, 0.2) is 48.8 Å². The van der Waals surface area contributed by atoms with Crippen LogP contribution >= 0.6 is 0 Å². The average Bonchev–Trinajstić information content (AvgIpc) is 2.63. The molecular weight excluding hydrogens is 355 g/mol. The van der Waals surface area contributed by atoms with Gasteiger partial charge in [-0.05, 0) is 43.7 Å². The second kappa shape index (κ2) is 7.61. The Kier molecular flexibility index (Phi) is 5.25. The highest BCUT2D eigenvalue weighted by atomic mass is 19.4. The molecule has 2 N–H and O–H groups in total. The van der Waals surface area contributed by atoms with Gasteiger partial charge in [-0.25, -0.2) is 4.98 Å². The van der Waals surface area contributed by atoms with Crippen LogP contribution < -0.4 is 10.6 Å². The molecule has 3 aromatic rings. The summed E-state index contributed by atoms with van der Waals surface area (Å²) in [6.45, 7) is 3.95. The molecular formula is C19H18F3N5. The number of alkyl halides is 3. The van der Waals surface area contributed by atoms with Crippen molar-refractivity contribution in [3.05, 3.63) is 59.9 Å². The van der Waals surface area contributed by atoms with E-state index in [1.54, 1.807) is 30.6 Å². The SMILES string of the molecule is CCNc1nc(Nc2cccc(C(F)(F)F)c2C)cc(-c2cccnc2)n1. The third kappa shape index (κ3) is 4.33. The predicted molar refractivity (Wildman–Crippen MR) is 98.9 cm³/mol. The number of benzene rings is 1. The molecule has 8 heteroatoms. The molecule has 0 radical (unpaired) electrons. The van der Waals surface area contributed by atoms with Gasteiger partial charge < -0.3 is 10.6 Å². The van der Waals surface area contributed by atoms with Gasteiger partial charge in [0, 0.05) is 36.3 Å². The van der Waals surface area contributed by atoms with E-state index in [0.717, 1.165) is 11.6 Å². The van der Waals surface area contributed by atoms with Crippen LogP contribution in [0.25, 0.3) is 11.3 Å². The summed E-state index contributed by atoms with van der Waals surface area (Å²) >= 11 is 0. The zero-order valence-corrected chi connectivity index (χ0v) is 14.8. The van der Waals surface area contributed by atoms with Gasteiger partial charge in [-0.3, -0.25) is 4.98 Å². The largest absolute Gasteiger partial charge is 0.416 e. The van der Waals surface area contributed by atoms with E-state index in [2.05, 4.69) is 25.6 Å². The summed E-state index contributed by atoms with van der Waals surface area (Å²) in [5.74, 6) is 0.771. The topological polar surface area (TPSA) is 62.7 Å². The number of halogens is 3. The van der Waals surface area contributed by atoms with Crippen molar-refractivity contribution in [3.63, 3.8) is 0 Å². The Balaban J connectivity index is 2.01. The van der Waals surface area contributed by atoms with Gasteiger partial charge >= 0.3 is 6.18 Å². The van der Waals surface area contributed by atoms with E-state index in [1.165, 1.54) is 13.0 Å². The van der Waals surface area contributed by atoms with Gasteiger partial charge in [-0.15, -0.1) is 0 Å². The zero-order chi connectivity index (χ0) is 19.4. The van der Waals surface area contributed by atoms with Crippen LogP contribution in [-0.2, 0) is 6.18 Å². The molecule has 3 rings (SSSR count). The second-order valence-corrected chi connectivity index (χ2v) is 5.83. The maximum absolute atomic E-state index is 13.1. The molecule has 0 atom stereocenters. The lowest BCUT2D eigenvalue weighted by Gasteiger charge is -2.16. The molecule has 0 aliphatic rings. The number of aromatic nitrogens is 3. The average molecular weight is 373 g/mol. The van der Waals surface area contributed by atoms with Crippen LogP contribution in [0.2, 0.25) is 0 Å². The maximum Gasteiger partial charge on any atom is 0.416 e. The smallest absolute Gasteiger partial charge is 0.354 e. The molecule has 0 amide bonds. The van der Waals surface area contributed by atoms with E-state index >= 15 is 0 Å². The quantitative estimate of drug-likeness (QED) is 0.656. The summed E-state index contributed by atoms with van der Waals surface area (Å²) in [6.07, 6.45) is -1.10. The van der Waals surface area contributed by atoms with Gasteiger partial charge in [-0.2, -0.15) is 18.2 Å². The summed E-state index contributed by atoms with van der Waals surface area (Å²) in [5.41, 5.74) is 1.16. The highest BCUT2D eigenvalue weighted by Gasteiger charge is 2.32. The third-order valence-electron chi connectivity index (χ3n) is 3.92. The van der Waals surface area contributed by atoms with Crippen LogP contribution in [-0.4, -0.2) is 21.5 Å². The van der Waals surface area contributed by atoms with E-state index in [0.29, 0.717) is 29.7 Å². The Labute approximate surface area is 154 Å². The first kappa shape index (κ1) is 18.6. The first-order valence-electron chi connectivity index (χ1n) is 8.35. The predicted octanol–water partition coefficient (Wildman–Crippen LogP) is 5.04. The van der Waals surface area contributed by atoms with Crippen LogP contribution in [0.3, 0.4) is 0 Å². The van der Waals surface area contributed by atoms with E-state index in [1.807, 2.05) is 13.0 Å². The van der Waals surface area contributed by atoms with Crippen LogP contribution in [0.4, 0.5) is 30.6 Å². The Morgan fingerprint density at radius 1 is 1.07 bits per heavy atom. The number of hydrogen-bond donors (Lipinski definition) is 2. The Morgan fingerprint density at radius 2 is 1.89 bits per heavy atom. The fourth-order valence-corrected chi connectivity index (χ4v) is 2.63. The maximum atomic E-state index is 13.1. The van der Waals surface area contributed by atoms with Crippen molar-refractivity contribution in [2.45, 2.75) is 20.0 Å². The molecule has 2 heterocycles. The van der Waals surface area contributed by atoms with E-state index in [9.17, 15) is 13.2 Å². The normalized spacial score (nSPS) is 11.3. The molecule has 140 valence electrons. The van der Waals surface area contributed by atoms with Crippen molar-refractivity contribution in [1.29, 1.82) is 0 Å². The van der Waals surface area contributed by atoms with Crippen molar-refractivity contribution in [1.82, 2.24) is 15.0 Å². The van der Waals surface area contributed by atoms with Gasteiger partial charge in [-0.1, -0.05) is 6.07 Å². The minimum atomic E-state index is -4.41. The molecule has 5 nitrogen and oxygen atoms in total. The van der Waals surface area contributed by atoms with E-state index < -0.39 is 11.7 Å². The molecule has 2 aromatic heterocycles. The van der Waals surface area contributed by atoms with Gasteiger partial charge in [0.25, 0.3) is 0 Å². The highest BCUT2D eigenvalue weighted by Crippen LogP contribution is 2.35. The lowest BCUT2D eigenvalue weighted by Crippen LogP contribution is -2.10. The number of nitrogens with one attached hydrogen (secondary N) is 2. The number of nitrogens with zero attached hydrogens (tertiary/aromatic N) is 3. The Bertz CT molecular complexity index is 926. The lowest BCUT2D eigenvalue weighted by molar-refractivity contribution is -0.138. The molecule has 0 saturated carbocycles. The zero-order valence-electron chi connectivity index (χ0n) is 14.8. The fourth-order valence-electron chi connectivity index (χ4n) is 2.63. The van der Waals surface area contributed by atoms with Crippen molar-refractivity contribution >= 4 is 17.5 Å². The molecule has 0 unspecified atom stereocenters. The standard InChI is InChI=1S/C19H18F3N5/c1-3-24-18-26-16(13-6-5-9-23-11-13)10-17(27-18)25-15-8-4-7-14(12(15)2)19(20,21)22/h4-11H,3H2,1-2H3,(H2,24,25,26,27). The number of anilines is 3. The number of rotatable bonds is 5. The summed E-state index contributed by atoms with van der Waals surface area (Å²) in [4.78, 5) is 12.9. The second-order valence-electron chi connectivity index (χ2n) is 5.83. The first-order valence-corrected chi connectivity index (χ1v) is 8.35. The third-order valence-corrected chi connectivity index (χ3v) is 3.92. The number of hydrogen-bond acceptors (Lipinski definition) is 5. The van der Waals surface area contributed by atoms with Gasteiger partial charge in [0.05, 0.1) is 11.3 Å². The number of pyridine rings is 1. The van der Waals surface area contributed by atoms with Crippen LogP contribution in [0.1, 0.15) is 18.1 Å². The van der Waals surface area contributed by atoms with Gasteiger partial charge in [0.1, 0.15) is 5.82 Å². The Hall–Kier alpha value is -3.16. The minimum Gasteiger partial charge on any atom is -0.354 e. The molecule has 0 saturated heterocycles. The highest BCUT2D eigenvalue weighted by molar-refractivity contribution is 5.68. The van der Waals surface area contributed by atoms with Crippen molar-refractivity contribution in [3.8, 4) is 11.3 Å². The summed E-state index contributed by atoms with van der Waals surface area (Å²) < 4.78 is 39.4. The first-order chi connectivity index (χ1) is 12.9. The van der Waals surface area contributed by atoms with Crippen LogP contribution in [0.5, 0.6) is 0 Å². The van der Waals surface area contributed by atoms with Crippen molar-refractivity contribution < 1.29 is 13.2 Å². The summed E-state index contributed by atoms with van der Waals surface area (Å²) in [7, 11) is 0. The molecule has 0 aliphatic carbocycles. The van der Waals surface area contributed by atoms with E-state index in [4.69, 9.17) is 0 Å². The Morgan fingerprint density at radius 3 is 2.56 bits per heavy atom. The molecule has 0 fully saturated rings. The van der Waals surface area contributed by atoms with Crippen molar-refractivity contribution in [2.24, 2.45) is 0 Å². The molecule has 0 bridgehead atoms. The van der Waals surface area contributed by atoms with Gasteiger partial charge in [0.2, 0.25) is 5.95 Å². The molecule has 27 heavy (non-hydrogen) atoms. The lowest BCUT2D eigenvalue weighted by atomic mass is 10.1. The van der Waals surface area contributed by atoms with Gasteiger partial charge in [0.15, 0.2) is 0 Å². The van der Waals surface area contributed by atoms with Crippen LogP contribution in [0, 0.1) is 6.92 Å². The molecule has 1 aromatic carbocycles. The molecule has 0 spiro atoms. The monoisotopic (exact) mass is 373 g/mol. The summed E-state index contributed by atoms with van der Waals surface area (Å²) in [6, 6.07) is 9.33. The summed E-state index contributed by atoms with van der Waals surface area (Å²) in [5, 5.41) is 6.01. The molecule has 0 aliphatic heterocycles. The van der Waals surface area contributed by atoms with Crippen molar-refractivity contribution in [2.75, 3.05) is 17.2 Å². The minimum absolute atomic E-state index is 0.108.